The molecule has 0 aliphatic carbocycles. The molecule has 2 aliphatic rings. The minimum Gasteiger partial charge on any atom is -0.351 e. The van der Waals surface area contributed by atoms with Gasteiger partial charge >= 0.3 is 0 Å². The Bertz CT molecular complexity index is 517. The number of amides is 2. The highest BCUT2D eigenvalue weighted by atomic mass is 16.2. The largest absolute Gasteiger partial charge is 0.351 e. The zero-order valence-corrected chi connectivity index (χ0v) is 11.5. The molecule has 0 bridgehead atoms. The highest BCUT2D eigenvalue weighted by molar-refractivity contribution is 5.92. The number of hydrogen-bond acceptors (Lipinski definition) is 3. The van der Waals surface area contributed by atoms with Gasteiger partial charge in [-0.05, 0) is 37.8 Å². The number of pyridine rings is 1. The maximum absolute atomic E-state index is 12.4. The second-order valence-electron chi connectivity index (χ2n) is 5.69. The Balaban J connectivity index is 1.69. The number of hydrogen-bond donors (Lipinski definition) is 1. The molecule has 106 valence electrons. The number of nitrogens with zero attached hydrogens (tertiary/aromatic N) is 2. The maximum atomic E-state index is 12.4. The van der Waals surface area contributed by atoms with Crippen LogP contribution in [0.15, 0.2) is 24.4 Å². The lowest BCUT2D eigenvalue weighted by atomic mass is 9.89. The summed E-state index contributed by atoms with van der Waals surface area (Å²) in [7, 11) is 0. The lowest BCUT2D eigenvalue weighted by Gasteiger charge is -2.27. The molecule has 1 N–H and O–H groups in total. The summed E-state index contributed by atoms with van der Waals surface area (Å²) in [5.74, 6) is 0.140. The molecule has 0 saturated carbocycles. The zero-order valence-electron chi connectivity index (χ0n) is 11.5. The van der Waals surface area contributed by atoms with Crippen molar-refractivity contribution >= 4 is 11.8 Å². The standard InChI is InChI=1S/C15H19N3O2/c19-13-5-7-15(17-13)6-3-10-18(11-8-15)14(20)12-4-1-2-9-16-12/h1-2,4,9H,3,5-8,10-11H2,(H,17,19). The molecule has 3 rings (SSSR count). The fourth-order valence-corrected chi connectivity index (χ4v) is 3.20. The van der Waals surface area contributed by atoms with Crippen molar-refractivity contribution in [2.45, 2.75) is 37.6 Å². The van der Waals surface area contributed by atoms with Gasteiger partial charge in [-0.1, -0.05) is 6.07 Å². The molecule has 1 aromatic rings. The highest BCUT2D eigenvalue weighted by Gasteiger charge is 2.39. The molecule has 0 radical (unpaired) electrons. The summed E-state index contributed by atoms with van der Waals surface area (Å²) < 4.78 is 0. The van der Waals surface area contributed by atoms with Crippen molar-refractivity contribution in [2.75, 3.05) is 13.1 Å². The van der Waals surface area contributed by atoms with Crippen LogP contribution in [0, 0.1) is 0 Å². The molecule has 1 aromatic heterocycles. The number of likely N-dealkylation sites (tertiary alicyclic amines) is 1. The fourth-order valence-electron chi connectivity index (χ4n) is 3.20. The second-order valence-corrected chi connectivity index (χ2v) is 5.69. The number of carbonyl (C=O) groups excluding carboxylic acids is 2. The predicted molar refractivity (Wildman–Crippen MR) is 74.1 cm³/mol. The molecular weight excluding hydrogens is 254 g/mol. The van der Waals surface area contributed by atoms with E-state index in [1.54, 1.807) is 12.3 Å². The van der Waals surface area contributed by atoms with E-state index in [2.05, 4.69) is 10.3 Å². The van der Waals surface area contributed by atoms with E-state index in [0.717, 1.165) is 32.2 Å². The van der Waals surface area contributed by atoms with Gasteiger partial charge in [-0.2, -0.15) is 0 Å². The molecule has 2 amide bonds. The van der Waals surface area contributed by atoms with E-state index in [-0.39, 0.29) is 17.4 Å². The number of carbonyl (C=O) groups is 2. The van der Waals surface area contributed by atoms with Crippen LogP contribution in [-0.2, 0) is 4.79 Å². The average molecular weight is 273 g/mol. The van der Waals surface area contributed by atoms with Crippen LogP contribution in [0.25, 0.3) is 0 Å². The Morgan fingerprint density at radius 2 is 2.15 bits per heavy atom. The monoisotopic (exact) mass is 273 g/mol. The van der Waals surface area contributed by atoms with Crippen LogP contribution in [-0.4, -0.2) is 40.3 Å². The van der Waals surface area contributed by atoms with Crippen molar-refractivity contribution in [3.8, 4) is 0 Å². The molecule has 2 fully saturated rings. The van der Waals surface area contributed by atoms with Gasteiger partial charge in [-0.15, -0.1) is 0 Å². The minimum absolute atomic E-state index is 0.00743. The fraction of sp³-hybridized carbons (Fsp3) is 0.533. The van der Waals surface area contributed by atoms with E-state index in [4.69, 9.17) is 0 Å². The van der Waals surface area contributed by atoms with Crippen molar-refractivity contribution < 1.29 is 9.59 Å². The minimum atomic E-state index is -0.0732. The lowest BCUT2D eigenvalue weighted by molar-refractivity contribution is -0.119. The van der Waals surface area contributed by atoms with Gasteiger partial charge in [0.1, 0.15) is 5.69 Å². The van der Waals surface area contributed by atoms with Crippen LogP contribution >= 0.6 is 0 Å². The number of rotatable bonds is 1. The molecule has 5 nitrogen and oxygen atoms in total. The van der Waals surface area contributed by atoms with Crippen LogP contribution in [0.2, 0.25) is 0 Å². The Morgan fingerprint density at radius 3 is 2.85 bits per heavy atom. The highest BCUT2D eigenvalue weighted by Crippen LogP contribution is 2.31. The summed E-state index contributed by atoms with van der Waals surface area (Å²) in [6.07, 6.45) is 5.90. The molecule has 2 saturated heterocycles. The average Bonchev–Trinajstić information content (AvgIpc) is 2.71. The van der Waals surface area contributed by atoms with Crippen LogP contribution in [0.4, 0.5) is 0 Å². The molecule has 1 atom stereocenters. The smallest absolute Gasteiger partial charge is 0.272 e. The molecular formula is C15H19N3O2. The van der Waals surface area contributed by atoms with Gasteiger partial charge in [0.05, 0.1) is 0 Å². The van der Waals surface area contributed by atoms with Crippen molar-refractivity contribution in [1.29, 1.82) is 0 Å². The van der Waals surface area contributed by atoms with E-state index in [1.165, 1.54) is 0 Å². The normalized spacial score (nSPS) is 26.4. The summed E-state index contributed by atoms with van der Waals surface area (Å²) in [5, 5.41) is 3.12. The number of nitrogens with one attached hydrogen (secondary N) is 1. The van der Waals surface area contributed by atoms with Crippen molar-refractivity contribution in [2.24, 2.45) is 0 Å². The molecule has 1 unspecified atom stereocenters. The van der Waals surface area contributed by atoms with E-state index >= 15 is 0 Å². The van der Waals surface area contributed by atoms with Gasteiger partial charge in [0, 0.05) is 31.2 Å². The van der Waals surface area contributed by atoms with E-state index in [1.807, 2.05) is 17.0 Å². The first-order chi connectivity index (χ1) is 9.69. The third-order valence-electron chi connectivity index (χ3n) is 4.35. The maximum Gasteiger partial charge on any atom is 0.272 e. The van der Waals surface area contributed by atoms with Gasteiger partial charge in [0.25, 0.3) is 5.91 Å². The summed E-state index contributed by atoms with van der Waals surface area (Å²) in [6, 6.07) is 5.39. The van der Waals surface area contributed by atoms with E-state index < -0.39 is 0 Å². The van der Waals surface area contributed by atoms with Crippen LogP contribution in [0.1, 0.15) is 42.6 Å². The Morgan fingerprint density at radius 1 is 1.25 bits per heavy atom. The van der Waals surface area contributed by atoms with Crippen LogP contribution < -0.4 is 5.32 Å². The van der Waals surface area contributed by atoms with Gasteiger partial charge < -0.3 is 10.2 Å². The van der Waals surface area contributed by atoms with Crippen LogP contribution in [0.5, 0.6) is 0 Å². The molecule has 2 aliphatic heterocycles. The van der Waals surface area contributed by atoms with Gasteiger partial charge in [-0.3, -0.25) is 14.6 Å². The van der Waals surface area contributed by atoms with E-state index in [9.17, 15) is 9.59 Å². The summed E-state index contributed by atoms with van der Waals surface area (Å²) in [6.45, 7) is 1.43. The molecule has 0 aromatic carbocycles. The van der Waals surface area contributed by atoms with E-state index in [0.29, 0.717) is 18.7 Å². The molecule has 3 heterocycles. The Hall–Kier alpha value is -1.91. The van der Waals surface area contributed by atoms with Crippen molar-refractivity contribution in [1.82, 2.24) is 15.2 Å². The SMILES string of the molecule is O=C1CCC2(CCCN(C(=O)c3ccccn3)CC2)N1. The zero-order chi connectivity index (χ0) is 14.0. The summed E-state index contributed by atoms with van der Waals surface area (Å²) in [5.41, 5.74) is 0.426. The first kappa shape index (κ1) is 13.1. The van der Waals surface area contributed by atoms with Crippen LogP contribution in [0.3, 0.4) is 0 Å². The predicted octanol–water partition coefficient (Wildman–Crippen LogP) is 1.36. The van der Waals surface area contributed by atoms with Gasteiger partial charge in [0.15, 0.2) is 0 Å². The lowest BCUT2D eigenvalue weighted by Crippen LogP contribution is -2.42. The first-order valence-electron chi connectivity index (χ1n) is 7.20. The topological polar surface area (TPSA) is 62.3 Å². The van der Waals surface area contributed by atoms with Gasteiger partial charge in [0.2, 0.25) is 5.91 Å². The quantitative estimate of drug-likeness (QED) is 0.840. The summed E-state index contributed by atoms with van der Waals surface area (Å²) >= 11 is 0. The molecule has 5 heteroatoms. The van der Waals surface area contributed by atoms with Crippen molar-refractivity contribution in [3.63, 3.8) is 0 Å². The third-order valence-corrected chi connectivity index (χ3v) is 4.35. The second kappa shape index (κ2) is 5.23. The molecule has 1 spiro atoms. The van der Waals surface area contributed by atoms with Crippen molar-refractivity contribution in [3.05, 3.63) is 30.1 Å². The molecule has 20 heavy (non-hydrogen) atoms. The third kappa shape index (κ3) is 2.53. The van der Waals surface area contributed by atoms with Gasteiger partial charge in [-0.25, -0.2) is 0 Å². The first-order valence-corrected chi connectivity index (χ1v) is 7.20. The Kier molecular flexibility index (Phi) is 3.42. The summed E-state index contributed by atoms with van der Waals surface area (Å²) in [4.78, 5) is 29.8. The number of aromatic nitrogens is 1. The Labute approximate surface area is 118 Å².